The molecule has 9 heteroatoms. The van der Waals surface area contributed by atoms with E-state index in [9.17, 15) is 9.59 Å². The third kappa shape index (κ3) is 4.29. The van der Waals surface area contributed by atoms with Crippen LogP contribution in [-0.4, -0.2) is 38.1 Å². The van der Waals surface area contributed by atoms with Gasteiger partial charge in [0.1, 0.15) is 6.33 Å². The van der Waals surface area contributed by atoms with Crippen LogP contribution >= 0.6 is 0 Å². The molecule has 3 rings (SSSR count). The van der Waals surface area contributed by atoms with Gasteiger partial charge in [-0.3, -0.25) is 9.59 Å². The first-order valence-corrected chi connectivity index (χ1v) is 8.55. The molecule has 0 aliphatic carbocycles. The van der Waals surface area contributed by atoms with Crippen LogP contribution in [0.2, 0.25) is 0 Å². The molecule has 2 aromatic heterocycles. The van der Waals surface area contributed by atoms with Crippen molar-refractivity contribution < 1.29 is 14.3 Å². The zero-order valence-electron chi connectivity index (χ0n) is 15.5. The van der Waals surface area contributed by atoms with Gasteiger partial charge in [-0.25, -0.2) is 9.50 Å². The van der Waals surface area contributed by atoms with E-state index in [1.54, 1.807) is 35.7 Å². The van der Waals surface area contributed by atoms with Crippen LogP contribution in [0.1, 0.15) is 22.5 Å². The maximum atomic E-state index is 12.2. The number of hydrogen-bond donors (Lipinski definition) is 1. The summed E-state index contributed by atoms with van der Waals surface area (Å²) in [5, 5.41) is 15.4. The Labute approximate surface area is 161 Å². The molecule has 1 aromatic carbocycles. The summed E-state index contributed by atoms with van der Waals surface area (Å²) < 4.78 is 6.63. The highest BCUT2D eigenvalue weighted by atomic mass is 16.5. The molecule has 0 spiro atoms. The summed E-state index contributed by atoms with van der Waals surface area (Å²) in [6.07, 6.45) is 1.69. The Kier molecular flexibility index (Phi) is 5.60. The van der Waals surface area contributed by atoms with Gasteiger partial charge in [0.05, 0.1) is 18.9 Å². The Hall–Kier alpha value is -3.80. The number of nitrogens with one attached hydrogen (secondary N) is 1. The minimum atomic E-state index is -0.535. The molecule has 2 heterocycles. The summed E-state index contributed by atoms with van der Waals surface area (Å²) in [4.78, 5) is 32.5. The van der Waals surface area contributed by atoms with Crippen LogP contribution in [0.3, 0.4) is 0 Å². The SMILES string of the molecule is Cc1nc2ncnn2c(C)c1CC(=O)OCC(=O)Nc1ccc(CC#N)cc1. The number of hydrogen-bond acceptors (Lipinski definition) is 7. The summed E-state index contributed by atoms with van der Waals surface area (Å²) in [7, 11) is 0. The number of amides is 1. The van der Waals surface area contributed by atoms with E-state index in [1.165, 1.54) is 6.33 Å². The second kappa shape index (κ2) is 8.26. The molecule has 0 aliphatic heterocycles. The fourth-order valence-electron chi connectivity index (χ4n) is 2.75. The summed E-state index contributed by atoms with van der Waals surface area (Å²) in [5.74, 6) is -0.515. The van der Waals surface area contributed by atoms with Crippen LogP contribution in [0.4, 0.5) is 5.69 Å². The van der Waals surface area contributed by atoms with Crippen molar-refractivity contribution >= 4 is 23.3 Å². The normalized spacial score (nSPS) is 10.5. The van der Waals surface area contributed by atoms with Crippen molar-refractivity contribution in [2.45, 2.75) is 26.7 Å². The predicted molar refractivity (Wildman–Crippen MR) is 99.3 cm³/mol. The van der Waals surface area contributed by atoms with E-state index in [0.29, 0.717) is 29.1 Å². The van der Waals surface area contributed by atoms with Gasteiger partial charge in [0, 0.05) is 22.6 Å². The molecule has 142 valence electrons. The highest BCUT2D eigenvalue weighted by molar-refractivity contribution is 5.92. The number of carbonyl (C=O) groups is 2. The molecule has 1 amide bonds. The maximum Gasteiger partial charge on any atom is 0.310 e. The van der Waals surface area contributed by atoms with Crippen molar-refractivity contribution in [1.82, 2.24) is 19.6 Å². The molecular formula is C19H18N6O3. The third-order valence-electron chi connectivity index (χ3n) is 4.19. The maximum absolute atomic E-state index is 12.2. The average Bonchev–Trinajstić information content (AvgIpc) is 3.14. The van der Waals surface area contributed by atoms with Gasteiger partial charge in [-0.05, 0) is 31.5 Å². The highest BCUT2D eigenvalue weighted by Crippen LogP contribution is 2.14. The van der Waals surface area contributed by atoms with Crippen LogP contribution in [0.15, 0.2) is 30.6 Å². The van der Waals surface area contributed by atoms with E-state index in [1.807, 2.05) is 6.92 Å². The molecule has 3 aromatic rings. The number of aromatic nitrogens is 4. The van der Waals surface area contributed by atoms with E-state index >= 15 is 0 Å². The van der Waals surface area contributed by atoms with Crippen LogP contribution in [0, 0.1) is 25.2 Å². The second-order valence-electron chi connectivity index (χ2n) is 6.15. The van der Waals surface area contributed by atoms with Gasteiger partial charge in [-0.15, -0.1) is 0 Å². The molecule has 0 saturated carbocycles. The lowest BCUT2D eigenvalue weighted by Crippen LogP contribution is -2.22. The Balaban J connectivity index is 1.55. The number of fused-ring (bicyclic) bond motifs is 1. The van der Waals surface area contributed by atoms with Crippen LogP contribution < -0.4 is 5.32 Å². The smallest absolute Gasteiger partial charge is 0.310 e. The van der Waals surface area contributed by atoms with Gasteiger partial charge >= 0.3 is 5.97 Å². The summed E-state index contributed by atoms with van der Waals surface area (Å²) >= 11 is 0. The summed E-state index contributed by atoms with van der Waals surface area (Å²) in [5.41, 5.74) is 3.53. The topological polar surface area (TPSA) is 122 Å². The summed E-state index contributed by atoms with van der Waals surface area (Å²) in [6, 6.07) is 8.95. The van der Waals surface area contributed by atoms with Crippen molar-refractivity contribution in [1.29, 1.82) is 5.26 Å². The van der Waals surface area contributed by atoms with Crippen molar-refractivity contribution in [2.75, 3.05) is 11.9 Å². The monoisotopic (exact) mass is 378 g/mol. The average molecular weight is 378 g/mol. The van der Waals surface area contributed by atoms with Crippen molar-refractivity contribution in [3.8, 4) is 6.07 Å². The number of rotatable bonds is 6. The number of anilines is 1. The molecule has 0 atom stereocenters. The van der Waals surface area contributed by atoms with Gasteiger partial charge in [-0.1, -0.05) is 12.1 Å². The van der Waals surface area contributed by atoms with Crippen LogP contribution in [0.5, 0.6) is 0 Å². The number of benzene rings is 1. The zero-order valence-corrected chi connectivity index (χ0v) is 15.5. The van der Waals surface area contributed by atoms with Gasteiger partial charge in [0.2, 0.25) is 0 Å². The lowest BCUT2D eigenvalue weighted by Gasteiger charge is -2.10. The fourth-order valence-corrected chi connectivity index (χ4v) is 2.75. The molecule has 0 bridgehead atoms. The molecule has 0 fully saturated rings. The Morgan fingerprint density at radius 3 is 2.71 bits per heavy atom. The van der Waals surface area contributed by atoms with E-state index in [4.69, 9.17) is 10.00 Å². The third-order valence-corrected chi connectivity index (χ3v) is 4.19. The molecule has 0 aliphatic rings. The number of aryl methyl sites for hydroxylation is 2. The molecule has 0 saturated heterocycles. The Morgan fingerprint density at radius 1 is 1.25 bits per heavy atom. The van der Waals surface area contributed by atoms with Gasteiger partial charge in [0.15, 0.2) is 6.61 Å². The molecule has 0 radical (unpaired) electrons. The fraction of sp³-hybridized carbons (Fsp3) is 0.263. The van der Waals surface area contributed by atoms with Gasteiger partial charge < -0.3 is 10.1 Å². The second-order valence-corrected chi connectivity index (χ2v) is 6.15. The number of nitrogens with zero attached hydrogens (tertiary/aromatic N) is 5. The number of nitriles is 1. The minimum Gasteiger partial charge on any atom is -0.455 e. The van der Waals surface area contributed by atoms with E-state index in [0.717, 1.165) is 11.3 Å². The van der Waals surface area contributed by atoms with Crippen LogP contribution in [0.25, 0.3) is 5.78 Å². The number of ether oxygens (including phenoxy) is 1. The van der Waals surface area contributed by atoms with Gasteiger partial charge in [-0.2, -0.15) is 15.3 Å². The van der Waals surface area contributed by atoms with E-state index in [2.05, 4.69) is 26.5 Å². The van der Waals surface area contributed by atoms with Gasteiger partial charge in [0.25, 0.3) is 11.7 Å². The lowest BCUT2D eigenvalue weighted by molar-refractivity contribution is -0.146. The van der Waals surface area contributed by atoms with E-state index in [-0.39, 0.29) is 6.42 Å². The number of esters is 1. The molecule has 28 heavy (non-hydrogen) atoms. The van der Waals surface area contributed by atoms with Crippen LogP contribution in [-0.2, 0) is 27.2 Å². The first-order chi connectivity index (χ1) is 13.5. The predicted octanol–water partition coefficient (Wildman–Crippen LogP) is 1.53. The van der Waals surface area contributed by atoms with Crippen molar-refractivity contribution in [3.05, 3.63) is 53.1 Å². The first kappa shape index (κ1) is 19.0. The minimum absolute atomic E-state index is 0.0173. The Morgan fingerprint density at radius 2 is 2.00 bits per heavy atom. The Bertz CT molecular complexity index is 1070. The van der Waals surface area contributed by atoms with Crippen molar-refractivity contribution in [3.63, 3.8) is 0 Å². The molecule has 1 N–H and O–H groups in total. The highest BCUT2D eigenvalue weighted by Gasteiger charge is 2.16. The molecular weight excluding hydrogens is 360 g/mol. The number of carbonyl (C=O) groups excluding carboxylic acids is 2. The summed E-state index contributed by atoms with van der Waals surface area (Å²) in [6.45, 7) is 3.21. The molecule has 0 unspecified atom stereocenters. The quantitative estimate of drug-likeness (QED) is 0.645. The van der Waals surface area contributed by atoms with Crippen molar-refractivity contribution in [2.24, 2.45) is 0 Å². The van der Waals surface area contributed by atoms with E-state index < -0.39 is 18.5 Å². The largest absolute Gasteiger partial charge is 0.455 e. The zero-order chi connectivity index (χ0) is 20.1. The standard InChI is InChI=1S/C19H18N6O3/c1-12-16(13(2)25-19(23-12)21-11-22-25)9-18(27)28-10-17(26)24-15-5-3-14(4-6-15)7-8-20/h3-6,11H,7,9-10H2,1-2H3,(H,24,26). The lowest BCUT2D eigenvalue weighted by atomic mass is 10.1. The first-order valence-electron chi connectivity index (χ1n) is 8.55. The molecule has 9 nitrogen and oxygen atoms in total.